The second-order valence-corrected chi connectivity index (χ2v) is 8.67. The van der Waals surface area contributed by atoms with Gasteiger partial charge in [-0.05, 0) is 37.8 Å². The minimum atomic E-state index is -0.434. The van der Waals surface area contributed by atoms with Gasteiger partial charge in [-0.3, -0.25) is 0 Å². The van der Waals surface area contributed by atoms with E-state index < -0.39 is 5.41 Å². The second-order valence-electron chi connectivity index (χ2n) is 8.67. The number of carbonyl (C=O) groups excluding carboxylic acids is 1. The molecule has 2 unspecified atom stereocenters. The third-order valence-electron chi connectivity index (χ3n) is 4.40. The molecule has 1 heterocycles. The minimum absolute atomic E-state index is 0.0343. The SMILES string of the molecule is CC(C)(C)C(=[OH+])OC(Cc1c[nH]c2ccccc12)C(N)C(C)(C)C. The summed E-state index contributed by atoms with van der Waals surface area (Å²) in [4.78, 5) is 13.6. The van der Waals surface area contributed by atoms with Gasteiger partial charge < -0.3 is 20.2 Å². The second kappa shape index (κ2) is 6.60. The van der Waals surface area contributed by atoms with Crippen molar-refractivity contribution in [3.63, 3.8) is 0 Å². The van der Waals surface area contributed by atoms with Crippen molar-refractivity contribution in [2.45, 2.75) is 60.1 Å². The minimum Gasteiger partial charge on any atom is -0.361 e. The van der Waals surface area contributed by atoms with E-state index in [9.17, 15) is 4.79 Å². The van der Waals surface area contributed by atoms with Gasteiger partial charge in [-0.25, -0.2) is 0 Å². The molecule has 0 aliphatic carbocycles. The molecule has 4 heteroatoms. The van der Waals surface area contributed by atoms with Crippen LogP contribution in [0.15, 0.2) is 30.5 Å². The predicted octanol–water partition coefficient (Wildman–Crippen LogP) is 4.02. The number of esters is 1. The maximum absolute atomic E-state index is 10.3. The molecular weight excluding hydrogens is 300 g/mol. The molecule has 0 bridgehead atoms. The van der Waals surface area contributed by atoms with Gasteiger partial charge in [0.2, 0.25) is 6.10 Å². The Balaban J connectivity index is 2.30. The van der Waals surface area contributed by atoms with E-state index in [1.54, 1.807) is 0 Å². The van der Waals surface area contributed by atoms with Gasteiger partial charge in [0.05, 0.1) is 6.04 Å². The molecule has 0 fully saturated rings. The highest BCUT2D eigenvalue weighted by molar-refractivity contribution is 5.83. The van der Waals surface area contributed by atoms with E-state index in [-0.39, 0.29) is 23.5 Å². The van der Waals surface area contributed by atoms with Crippen molar-refractivity contribution in [1.29, 1.82) is 0 Å². The van der Waals surface area contributed by atoms with Gasteiger partial charge in [-0.1, -0.05) is 39.0 Å². The summed E-state index contributed by atoms with van der Waals surface area (Å²) in [5.41, 5.74) is 8.17. The maximum Gasteiger partial charge on any atom is 0.488 e. The fraction of sp³-hybridized carbons (Fsp3) is 0.550. The predicted molar refractivity (Wildman–Crippen MR) is 101 cm³/mol. The number of H-pyrrole nitrogens is 1. The van der Waals surface area contributed by atoms with Crippen LogP contribution in [0, 0.1) is 10.8 Å². The van der Waals surface area contributed by atoms with E-state index in [1.165, 1.54) is 5.39 Å². The summed E-state index contributed by atoms with van der Waals surface area (Å²) in [5, 5.41) is 1.17. The van der Waals surface area contributed by atoms with E-state index >= 15 is 0 Å². The molecule has 4 nitrogen and oxygen atoms in total. The molecule has 0 spiro atoms. The Bertz CT molecular complexity index is 704. The van der Waals surface area contributed by atoms with E-state index in [1.807, 2.05) is 39.1 Å². The van der Waals surface area contributed by atoms with Gasteiger partial charge in [0.15, 0.2) is 0 Å². The summed E-state index contributed by atoms with van der Waals surface area (Å²) < 4.78 is 5.96. The molecule has 1 aromatic carbocycles. The third kappa shape index (κ3) is 4.18. The number of para-hydroxylation sites is 1. The molecule has 0 saturated heterocycles. The Kier molecular flexibility index (Phi) is 5.09. The molecule has 0 amide bonds. The number of benzene rings is 1. The lowest BCUT2D eigenvalue weighted by atomic mass is 9.82. The monoisotopic (exact) mass is 331 g/mol. The van der Waals surface area contributed by atoms with Gasteiger partial charge >= 0.3 is 5.97 Å². The Morgan fingerprint density at radius 2 is 1.79 bits per heavy atom. The van der Waals surface area contributed by atoms with E-state index in [4.69, 9.17) is 10.5 Å². The first-order chi connectivity index (χ1) is 11.0. The van der Waals surface area contributed by atoms with Crippen LogP contribution in [0.4, 0.5) is 0 Å². The fourth-order valence-corrected chi connectivity index (χ4v) is 2.64. The lowest BCUT2D eigenvalue weighted by Gasteiger charge is -2.30. The van der Waals surface area contributed by atoms with Crippen molar-refractivity contribution in [2.75, 3.05) is 0 Å². The summed E-state index contributed by atoms with van der Waals surface area (Å²) in [6.07, 6.45) is 2.34. The lowest BCUT2D eigenvalue weighted by Crippen LogP contribution is -2.49. The van der Waals surface area contributed by atoms with Crippen LogP contribution in [-0.4, -0.2) is 27.9 Å². The van der Waals surface area contributed by atoms with Gasteiger partial charge in [0.25, 0.3) is 0 Å². The first-order valence-electron chi connectivity index (χ1n) is 8.54. The first-order valence-corrected chi connectivity index (χ1v) is 8.54. The number of fused-ring (bicyclic) bond motifs is 1. The number of nitrogens with one attached hydrogen (secondary N) is 1. The normalized spacial score (nSPS) is 15.3. The number of aromatic nitrogens is 1. The number of ether oxygens (including phenoxy) is 1. The highest BCUT2D eigenvalue weighted by Crippen LogP contribution is 2.28. The number of hydrogen-bond donors (Lipinski definition) is 2. The first kappa shape index (κ1) is 18.5. The van der Waals surface area contributed by atoms with Crippen LogP contribution in [0.3, 0.4) is 0 Å². The largest absolute Gasteiger partial charge is 0.488 e. The highest BCUT2D eigenvalue weighted by atomic mass is 16.5. The average molecular weight is 331 g/mol. The molecule has 2 rings (SSSR count). The number of aromatic amines is 1. The lowest BCUT2D eigenvalue weighted by molar-refractivity contribution is 0.0783. The van der Waals surface area contributed by atoms with E-state index in [0.29, 0.717) is 6.42 Å². The van der Waals surface area contributed by atoms with Gasteiger partial charge in [-0.15, -0.1) is 0 Å². The Labute approximate surface area is 144 Å². The zero-order valence-corrected chi connectivity index (χ0v) is 15.7. The molecule has 2 aromatic rings. The highest BCUT2D eigenvalue weighted by Gasteiger charge is 2.41. The van der Waals surface area contributed by atoms with E-state index in [2.05, 4.69) is 37.9 Å². The summed E-state index contributed by atoms with van der Waals surface area (Å²) >= 11 is 0. The molecule has 0 aliphatic heterocycles. The molecule has 0 saturated carbocycles. The van der Waals surface area contributed by atoms with Crippen molar-refractivity contribution in [3.05, 3.63) is 36.0 Å². The zero-order chi connectivity index (χ0) is 18.1. The molecule has 4 N–H and O–H groups in total. The molecule has 132 valence electrons. The fourth-order valence-electron chi connectivity index (χ4n) is 2.64. The molecule has 2 atom stereocenters. The van der Waals surface area contributed by atoms with Crippen molar-refractivity contribution < 1.29 is 9.53 Å². The average Bonchev–Trinajstić information content (AvgIpc) is 2.87. The van der Waals surface area contributed by atoms with Gasteiger partial charge in [-0.2, -0.15) is 0 Å². The Morgan fingerprint density at radius 1 is 1.17 bits per heavy atom. The van der Waals surface area contributed by atoms with Gasteiger partial charge in [0.1, 0.15) is 5.41 Å². The van der Waals surface area contributed by atoms with Crippen LogP contribution in [0.5, 0.6) is 0 Å². The van der Waals surface area contributed by atoms with Crippen LogP contribution < -0.4 is 5.73 Å². The smallest absolute Gasteiger partial charge is 0.361 e. The van der Waals surface area contributed by atoms with Crippen molar-refractivity contribution in [2.24, 2.45) is 16.6 Å². The van der Waals surface area contributed by atoms with Crippen LogP contribution in [0.25, 0.3) is 10.9 Å². The Hall–Kier alpha value is -1.81. The summed E-state index contributed by atoms with van der Waals surface area (Å²) in [7, 11) is 0. The number of nitrogens with two attached hydrogens (primary N) is 1. The van der Waals surface area contributed by atoms with Crippen LogP contribution >= 0.6 is 0 Å². The van der Waals surface area contributed by atoms with Crippen molar-refractivity contribution in [1.82, 2.24) is 4.98 Å². The Morgan fingerprint density at radius 3 is 2.38 bits per heavy atom. The number of rotatable bonds is 4. The zero-order valence-electron chi connectivity index (χ0n) is 15.7. The summed E-state index contributed by atoms with van der Waals surface area (Å²) in [6.45, 7) is 12.1. The van der Waals surface area contributed by atoms with Crippen LogP contribution in [0.1, 0.15) is 47.1 Å². The molecule has 0 radical (unpaired) electrons. The molecule has 0 aliphatic rings. The topological polar surface area (TPSA) is 72.4 Å². The molecule has 24 heavy (non-hydrogen) atoms. The number of hydrogen-bond acceptors (Lipinski definition) is 2. The van der Waals surface area contributed by atoms with Crippen molar-refractivity contribution >= 4 is 16.9 Å². The summed E-state index contributed by atoms with van der Waals surface area (Å²) in [5.74, 6) is 0.0343. The van der Waals surface area contributed by atoms with E-state index in [0.717, 1.165) is 11.1 Å². The van der Waals surface area contributed by atoms with Gasteiger partial charge in [0, 0.05) is 23.5 Å². The molecule has 1 aromatic heterocycles. The summed E-state index contributed by atoms with van der Waals surface area (Å²) in [6, 6.07) is 7.97. The standard InChI is InChI=1S/C20H30N2O2/c1-19(2,3)17(21)16(24-18(23)20(4,5)6)11-13-12-22-15-10-8-7-9-14(13)15/h7-10,12,16-17,22H,11,21H2,1-6H3/p+1. The quantitative estimate of drug-likeness (QED) is 0.656. The maximum atomic E-state index is 10.3. The van der Waals surface area contributed by atoms with Crippen LogP contribution in [0.2, 0.25) is 0 Å². The molecular formula is C20H31N2O2+. The third-order valence-corrected chi connectivity index (χ3v) is 4.40. The van der Waals surface area contributed by atoms with Crippen molar-refractivity contribution in [3.8, 4) is 0 Å². The van der Waals surface area contributed by atoms with Crippen LogP contribution in [-0.2, 0) is 11.2 Å².